The molecule has 0 saturated heterocycles. The summed E-state index contributed by atoms with van der Waals surface area (Å²) in [6.07, 6.45) is 3.28. The van der Waals surface area contributed by atoms with Crippen LogP contribution in [0.1, 0.15) is 30.9 Å². The van der Waals surface area contributed by atoms with Gasteiger partial charge < -0.3 is 19.9 Å². The molecule has 1 aromatic carbocycles. The molecule has 3 rings (SSSR count). The summed E-state index contributed by atoms with van der Waals surface area (Å²) < 4.78 is 10.5. The fourth-order valence-corrected chi connectivity index (χ4v) is 2.13. The summed E-state index contributed by atoms with van der Waals surface area (Å²) in [5.74, 6) is 1.48. The molecule has 1 heterocycles. The maximum absolute atomic E-state index is 10.1. The largest absolute Gasteiger partial charge is 0.454 e. The van der Waals surface area contributed by atoms with Gasteiger partial charge in [-0.25, -0.2) is 0 Å². The Labute approximate surface area is 101 Å². The van der Waals surface area contributed by atoms with E-state index in [1.807, 2.05) is 18.2 Å². The average molecular weight is 235 g/mol. The van der Waals surface area contributed by atoms with Gasteiger partial charge in [-0.05, 0) is 30.5 Å². The maximum atomic E-state index is 10.1. The van der Waals surface area contributed by atoms with Crippen molar-refractivity contribution in [1.82, 2.24) is 5.32 Å². The summed E-state index contributed by atoms with van der Waals surface area (Å²) in [6, 6.07) is 6.19. The van der Waals surface area contributed by atoms with Crippen LogP contribution in [0.15, 0.2) is 18.2 Å². The molecule has 1 saturated carbocycles. The highest BCUT2D eigenvalue weighted by molar-refractivity contribution is 5.45. The zero-order valence-corrected chi connectivity index (χ0v) is 9.69. The lowest BCUT2D eigenvalue weighted by atomic mass is 9.93. The van der Waals surface area contributed by atoms with Crippen molar-refractivity contribution in [3.63, 3.8) is 0 Å². The van der Waals surface area contributed by atoms with Gasteiger partial charge in [-0.2, -0.15) is 0 Å². The lowest BCUT2D eigenvalue weighted by molar-refractivity contribution is 0.160. The number of ether oxygens (including phenoxy) is 2. The molecule has 4 heteroatoms. The van der Waals surface area contributed by atoms with Crippen LogP contribution in [0, 0.1) is 0 Å². The summed E-state index contributed by atoms with van der Waals surface area (Å²) >= 11 is 0. The molecule has 2 N–H and O–H groups in total. The molecule has 4 nitrogen and oxygen atoms in total. The van der Waals surface area contributed by atoms with E-state index in [9.17, 15) is 5.11 Å². The Bertz CT molecular complexity index is 404. The Morgan fingerprint density at radius 2 is 2.12 bits per heavy atom. The minimum absolute atomic E-state index is 0.273. The molecule has 0 aromatic heterocycles. The van der Waals surface area contributed by atoms with E-state index < -0.39 is 6.10 Å². The molecular weight excluding hydrogens is 218 g/mol. The predicted octanol–water partition coefficient (Wildman–Crippen LogP) is 1.59. The number of hydrogen-bond acceptors (Lipinski definition) is 4. The smallest absolute Gasteiger partial charge is 0.231 e. The van der Waals surface area contributed by atoms with Gasteiger partial charge in [0.05, 0.1) is 6.10 Å². The van der Waals surface area contributed by atoms with E-state index in [1.165, 1.54) is 19.3 Å². The first-order valence-corrected chi connectivity index (χ1v) is 6.14. The number of nitrogens with one attached hydrogen (secondary N) is 1. The predicted molar refractivity (Wildman–Crippen MR) is 63.2 cm³/mol. The quantitative estimate of drug-likeness (QED) is 0.832. The average Bonchev–Trinajstić information content (AvgIpc) is 2.73. The first-order chi connectivity index (χ1) is 8.33. The SMILES string of the molecule is OC(CNC1CCC1)c1ccc2c(c1)OCO2. The second kappa shape index (κ2) is 4.55. The van der Waals surface area contributed by atoms with Crippen LogP contribution < -0.4 is 14.8 Å². The molecule has 0 amide bonds. The van der Waals surface area contributed by atoms with Crippen LogP contribution in [0.2, 0.25) is 0 Å². The van der Waals surface area contributed by atoms with E-state index in [0.29, 0.717) is 12.6 Å². The van der Waals surface area contributed by atoms with Gasteiger partial charge in [-0.15, -0.1) is 0 Å². The summed E-state index contributed by atoms with van der Waals surface area (Å²) in [5, 5.41) is 13.4. The highest BCUT2D eigenvalue weighted by Crippen LogP contribution is 2.34. The van der Waals surface area contributed by atoms with Crippen LogP contribution in [0.3, 0.4) is 0 Å². The van der Waals surface area contributed by atoms with Crippen LogP contribution in [0.4, 0.5) is 0 Å². The van der Waals surface area contributed by atoms with Gasteiger partial charge in [-0.1, -0.05) is 12.5 Å². The van der Waals surface area contributed by atoms with E-state index in [1.54, 1.807) is 0 Å². The van der Waals surface area contributed by atoms with E-state index in [2.05, 4.69) is 5.32 Å². The van der Waals surface area contributed by atoms with Crippen molar-refractivity contribution in [2.75, 3.05) is 13.3 Å². The molecule has 1 aromatic rings. The molecule has 1 aliphatic carbocycles. The highest BCUT2D eigenvalue weighted by atomic mass is 16.7. The van der Waals surface area contributed by atoms with Gasteiger partial charge in [0.25, 0.3) is 0 Å². The second-order valence-corrected chi connectivity index (χ2v) is 4.66. The standard InChI is InChI=1S/C13H17NO3/c15-11(7-14-10-2-1-3-10)9-4-5-12-13(6-9)17-8-16-12/h4-6,10-11,14-15H,1-3,7-8H2. The van der Waals surface area contributed by atoms with Crippen LogP contribution in [0.5, 0.6) is 11.5 Å². The zero-order chi connectivity index (χ0) is 11.7. The molecule has 0 radical (unpaired) electrons. The lowest BCUT2D eigenvalue weighted by Gasteiger charge is -2.27. The molecule has 1 unspecified atom stereocenters. The summed E-state index contributed by atoms with van der Waals surface area (Å²) in [5.41, 5.74) is 0.876. The number of hydrogen-bond donors (Lipinski definition) is 2. The molecule has 2 aliphatic rings. The van der Waals surface area contributed by atoms with Gasteiger partial charge >= 0.3 is 0 Å². The van der Waals surface area contributed by atoms with Crippen molar-refractivity contribution in [1.29, 1.82) is 0 Å². The van der Waals surface area contributed by atoms with Gasteiger partial charge in [0.1, 0.15) is 0 Å². The summed E-state index contributed by atoms with van der Waals surface area (Å²) in [6.45, 7) is 0.875. The Morgan fingerprint density at radius 3 is 2.88 bits per heavy atom. The molecule has 0 spiro atoms. The molecule has 1 atom stereocenters. The van der Waals surface area contributed by atoms with Crippen molar-refractivity contribution in [3.05, 3.63) is 23.8 Å². The number of aliphatic hydroxyl groups is 1. The van der Waals surface area contributed by atoms with Crippen LogP contribution >= 0.6 is 0 Å². The lowest BCUT2D eigenvalue weighted by Crippen LogP contribution is -2.37. The van der Waals surface area contributed by atoms with Crippen molar-refractivity contribution < 1.29 is 14.6 Å². The summed E-state index contributed by atoms with van der Waals surface area (Å²) in [4.78, 5) is 0. The Balaban J connectivity index is 1.62. The normalized spacial score (nSPS) is 20.1. The minimum Gasteiger partial charge on any atom is -0.454 e. The van der Waals surface area contributed by atoms with Gasteiger partial charge in [-0.3, -0.25) is 0 Å². The third-order valence-corrected chi connectivity index (χ3v) is 3.49. The number of fused-ring (bicyclic) bond motifs is 1. The third kappa shape index (κ3) is 2.23. The maximum Gasteiger partial charge on any atom is 0.231 e. The zero-order valence-electron chi connectivity index (χ0n) is 9.69. The van der Waals surface area contributed by atoms with Crippen LogP contribution in [-0.2, 0) is 0 Å². The fraction of sp³-hybridized carbons (Fsp3) is 0.538. The van der Waals surface area contributed by atoms with Crippen molar-refractivity contribution in [3.8, 4) is 11.5 Å². The first-order valence-electron chi connectivity index (χ1n) is 6.14. The Morgan fingerprint density at radius 1 is 1.29 bits per heavy atom. The molecule has 0 bridgehead atoms. The van der Waals surface area contributed by atoms with Crippen molar-refractivity contribution >= 4 is 0 Å². The van der Waals surface area contributed by atoms with E-state index in [4.69, 9.17) is 9.47 Å². The first kappa shape index (κ1) is 10.9. The fourth-order valence-electron chi connectivity index (χ4n) is 2.13. The number of rotatable bonds is 4. The Hall–Kier alpha value is -1.26. The molecule has 1 fully saturated rings. The monoisotopic (exact) mass is 235 g/mol. The van der Waals surface area contributed by atoms with Gasteiger partial charge in [0.15, 0.2) is 11.5 Å². The molecule has 1 aliphatic heterocycles. The van der Waals surface area contributed by atoms with Crippen molar-refractivity contribution in [2.45, 2.75) is 31.4 Å². The Kier molecular flexibility index (Phi) is 2.91. The number of aliphatic hydroxyl groups excluding tert-OH is 1. The highest BCUT2D eigenvalue weighted by Gasteiger charge is 2.20. The van der Waals surface area contributed by atoms with Crippen LogP contribution in [-0.4, -0.2) is 24.5 Å². The third-order valence-electron chi connectivity index (χ3n) is 3.49. The molecule has 17 heavy (non-hydrogen) atoms. The van der Waals surface area contributed by atoms with Gasteiger partial charge in [0.2, 0.25) is 6.79 Å². The minimum atomic E-state index is -0.481. The van der Waals surface area contributed by atoms with Crippen LogP contribution in [0.25, 0.3) is 0 Å². The van der Waals surface area contributed by atoms with Crippen molar-refractivity contribution in [2.24, 2.45) is 0 Å². The number of benzene rings is 1. The topological polar surface area (TPSA) is 50.7 Å². The van der Waals surface area contributed by atoms with Gasteiger partial charge in [0, 0.05) is 12.6 Å². The summed E-state index contributed by atoms with van der Waals surface area (Å²) in [7, 11) is 0. The van der Waals surface area contributed by atoms with E-state index >= 15 is 0 Å². The van der Waals surface area contributed by atoms with E-state index in [-0.39, 0.29) is 6.79 Å². The molecular formula is C13H17NO3. The van der Waals surface area contributed by atoms with E-state index in [0.717, 1.165) is 17.1 Å². The second-order valence-electron chi connectivity index (χ2n) is 4.66. The molecule has 92 valence electrons.